The first-order valence-electron chi connectivity index (χ1n) is 8.20. The summed E-state index contributed by atoms with van der Waals surface area (Å²) < 4.78 is 1.42. The molecule has 2 aromatic heterocycles. The zero-order chi connectivity index (χ0) is 19.6. The Bertz CT molecular complexity index is 1090. The quantitative estimate of drug-likeness (QED) is 0.461. The van der Waals surface area contributed by atoms with Gasteiger partial charge in [-0.15, -0.1) is 0 Å². The topological polar surface area (TPSA) is 109 Å². The van der Waals surface area contributed by atoms with E-state index >= 15 is 0 Å². The van der Waals surface area contributed by atoms with E-state index in [0.717, 1.165) is 5.69 Å². The summed E-state index contributed by atoms with van der Waals surface area (Å²) in [5.41, 5.74) is 2.89. The number of aromatic amines is 1. The number of carbonyl (C=O) groups excluding carboxylic acids is 2. The molecule has 0 unspecified atom stereocenters. The van der Waals surface area contributed by atoms with Crippen molar-refractivity contribution in [3.63, 3.8) is 0 Å². The Hall–Kier alpha value is -3.07. The second kappa shape index (κ2) is 7.67. The highest BCUT2D eigenvalue weighted by Crippen LogP contribution is 2.19. The second-order valence-corrected chi connectivity index (χ2v) is 7.01. The molecule has 0 atom stereocenters. The summed E-state index contributed by atoms with van der Waals surface area (Å²) in [5.74, 6) is -0.324. The number of hydrogen-bond donors (Lipinski definition) is 3. The molecule has 2 heterocycles. The van der Waals surface area contributed by atoms with Gasteiger partial charge in [-0.25, -0.2) is 4.98 Å². The molecule has 8 nitrogen and oxygen atoms in total. The Morgan fingerprint density at radius 1 is 1.22 bits per heavy atom. The van der Waals surface area contributed by atoms with Crippen molar-refractivity contribution in [3.8, 4) is 0 Å². The standard InChI is InChI=1S/C18H19N5O3S/c1-10-7-14-16(19-10)17(26)23(3)18(22-14)27-9-15(25)21-13-6-4-5-12(8-13)20-11(2)24/h4-8,19H,9H2,1-3H3,(H,20,24)(H,21,25). The van der Waals surface area contributed by atoms with Gasteiger partial charge in [-0.2, -0.15) is 0 Å². The van der Waals surface area contributed by atoms with Gasteiger partial charge in [-0.05, 0) is 31.2 Å². The smallest absolute Gasteiger partial charge is 0.278 e. The average molecular weight is 385 g/mol. The van der Waals surface area contributed by atoms with Crippen LogP contribution in [0.2, 0.25) is 0 Å². The van der Waals surface area contributed by atoms with Gasteiger partial charge in [0.15, 0.2) is 5.16 Å². The number of H-pyrrole nitrogens is 1. The molecule has 0 saturated carbocycles. The number of hydrogen-bond acceptors (Lipinski definition) is 5. The third-order valence-corrected chi connectivity index (χ3v) is 4.78. The number of anilines is 2. The molecule has 2 amide bonds. The van der Waals surface area contributed by atoms with E-state index in [2.05, 4.69) is 20.6 Å². The number of nitrogens with zero attached hydrogens (tertiary/aromatic N) is 2. The lowest BCUT2D eigenvalue weighted by molar-refractivity contribution is -0.114. The minimum atomic E-state index is -0.237. The summed E-state index contributed by atoms with van der Waals surface area (Å²) in [6.07, 6.45) is 0. The van der Waals surface area contributed by atoms with Crippen molar-refractivity contribution in [3.05, 3.63) is 46.4 Å². The summed E-state index contributed by atoms with van der Waals surface area (Å²) in [5, 5.41) is 5.90. The highest BCUT2D eigenvalue weighted by molar-refractivity contribution is 7.99. The van der Waals surface area contributed by atoms with Crippen molar-refractivity contribution >= 4 is 46.0 Å². The highest BCUT2D eigenvalue weighted by Gasteiger charge is 2.12. The number of fused-ring (bicyclic) bond motifs is 1. The van der Waals surface area contributed by atoms with Crippen molar-refractivity contribution in [2.24, 2.45) is 7.05 Å². The van der Waals surface area contributed by atoms with E-state index in [9.17, 15) is 14.4 Å². The van der Waals surface area contributed by atoms with Crippen LogP contribution in [-0.4, -0.2) is 32.1 Å². The van der Waals surface area contributed by atoms with E-state index in [1.165, 1.54) is 23.3 Å². The maximum atomic E-state index is 12.4. The van der Waals surface area contributed by atoms with Crippen LogP contribution in [0.25, 0.3) is 11.0 Å². The van der Waals surface area contributed by atoms with Gasteiger partial charge in [-0.3, -0.25) is 19.0 Å². The van der Waals surface area contributed by atoms with Crippen LogP contribution in [0.5, 0.6) is 0 Å². The first kappa shape index (κ1) is 18.7. The number of thioether (sulfide) groups is 1. The first-order valence-corrected chi connectivity index (χ1v) is 9.18. The van der Waals surface area contributed by atoms with Crippen molar-refractivity contribution in [1.82, 2.24) is 14.5 Å². The number of rotatable bonds is 5. The van der Waals surface area contributed by atoms with Gasteiger partial charge in [0.25, 0.3) is 5.56 Å². The molecule has 0 aliphatic rings. The zero-order valence-corrected chi connectivity index (χ0v) is 15.9. The fourth-order valence-electron chi connectivity index (χ4n) is 2.59. The molecule has 0 radical (unpaired) electrons. The maximum Gasteiger partial charge on any atom is 0.278 e. The molecular formula is C18H19N5O3S. The van der Waals surface area contributed by atoms with Gasteiger partial charge in [0.2, 0.25) is 11.8 Å². The molecule has 0 saturated heterocycles. The number of nitrogens with one attached hydrogen (secondary N) is 3. The lowest BCUT2D eigenvalue weighted by Gasteiger charge is -2.09. The Morgan fingerprint density at radius 2 is 1.93 bits per heavy atom. The fourth-order valence-corrected chi connectivity index (χ4v) is 3.36. The third-order valence-electron chi connectivity index (χ3n) is 3.75. The van der Waals surface area contributed by atoms with Crippen LogP contribution in [-0.2, 0) is 16.6 Å². The molecule has 3 N–H and O–H groups in total. The molecule has 27 heavy (non-hydrogen) atoms. The van der Waals surface area contributed by atoms with Gasteiger partial charge >= 0.3 is 0 Å². The van der Waals surface area contributed by atoms with Gasteiger partial charge in [0.1, 0.15) is 5.52 Å². The van der Waals surface area contributed by atoms with Crippen LogP contribution in [0.3, 0.4) is 0 Å². The average Bonchev–Trinajstić information content (AvgIpc) is 2.97. The molecule has 3 rings (SSSR count). The molecule has 140 valence electrons. The predicted octanol–water partition coefficient (Wildman–Crippen LogP) is 2.26. The molecule has 0 bridgehead atoms. The maximum absolute atomic E-state index is 12.4. The van der Waals surface area contributed by atoms with E-state index in [0.29, 0.717) is 27.6 Å². The molecule has 0 spiro atoms. The second-order valence-electron chi connectivity index (χ2n) is 6.07. The number of aromatic nitrogens is 3. The summed E-state index contributed by atoms with van der Waals surface area (Å²) in [4.78, 5) is 43.2. The van der Waals surface area contributed by atoms with Crippen molar-refractivity contribution in [2.45, 2.75) is 19.0 Å². The molecule has 1 aromatic carbocycles. The lowest BCUT2D eigenvalue weighted by atomic mass is 10.2. The van der Waals surface area contributed by atoms with Crippen LogP contribution in [0.4, 0.5) is 11.4 Å². The van der Waals surface area contributed by atoms with Gasteiger partial charge in [-0.1, -0.05) is 17.8 Å². The lowest BCUT2D eigenvalue weighted by Crippen LogP contribution is -2.21. The van der Waals surface area contributed by atoms with Crippen LogP contribution >= 0.6 is 11.8 Å². The minimum absolute atomic E-state index is 0.0968. The largest absolute Gasteiger partial charge is 0.353 e. The van der Waals surface area contributed by atoms with Gasteiger partial charge in [0, 0.05) is 31.0 Å². The van der Waals surface area contributed by atoms with Crippen LogP contribution in [0, 0.1) is 6.92 Å². The highest BCUT2D eigenvalue weighted by atomic mass is 32.2. The van der Waals surface area contributed by atoms with Gasteiger partial charge in [0.05, 0.1) is 11.3 Å². The monoisotopic (exact) mass is 385 g/mol. The Morgan fingerprint density at radius 3 is 2.63 bits per heavy atom. The van der Waals surface area contributed by atoms with E-state index in [1.54, 1.807) is 37.4 Å². The Balaban J connectivity index is 1.69. The summed E-state index contributed by atoms with van der Waals surface area (Å²) in [7, 11) is 1.63. The van der Waals surface area contributed by atoms with Crippen LogP contribution < -0.4 is 16.2 Å². The number of aryl methyl sites for hydroxylation is 1. The summed E-state index contributed by atoms with van der Waals surface area (Å²) in [6, 6.07) is 8.68. The van der Waals surface area contributed by atoms with E-state index < -0.39 is 0 Å². The van der Waals surface area contributed by atoms with Crippen molar-refractivity contribution in [1.29, 1.82) is 0 Å². The predicted molar refractivity (Wildman–Crippen MR) is 106 cm³/mol. The van der Waals surface area contributed by atoms with E-state index in [-0.39, 0.29) is 23.1 Å². The van der Waals surface area contributed by atoms with E-state index in [1.807, 2.05) is 6.92 Å². The number of carbonyl (C=O) groups is 2. The number of benzene rings is 1. The number of amides is 2. The van der Waals surface area contributed by atoms with E-state index in [4.69, 9.17) is 0 Å². The van der Waals surface area contributed by atoms with Crippen molar-refractivity contribution < 1.29 is 9.59 Å². The molecule has 0 aliphatic carbocycles. The van der Waals surface area contributed by atoms with Crippen LogP contribution in [0.1, 0.15) is 12.6 Å². The van der Waals surface area contributed by atoms with Crippen LogP contribution in [0.15, 0.2) is 40.3 Å². The normalized spacial score (nSPS) is 10.8. The SMILES string of the molecule is CC(=O)Nc1cccc(NC(=O)CSc2nc3cc(C)[nH]c3c(=O)n2C)c1. The molecular weight excluding hydrogens is 366 g/mol. The minimum Gasteiger partial charge on any atom is -0.353 e. The molecule has 0 aliphatic heterocycles. The Kier molecular flexibility index (Phi) is 5.31. The van der Waals surface area contributed by atoms with Gasteiger partial charge < -0.3 is 15.6 Å². The summed E-state index contributed by atoms with van der Waals surface area (Å²) >= 11 is 1.18. The van der Waals surface area contributed by atoms with Crippen molar-refractivity contribution in [2.75, 3.05) is 16.4 Å². The molecule has 3 aromatic rings. The zero-order valence-electron chi connectivity index (χ0n) is 15.1. The fraction of sp³-hybridized carbons (Fsp3) is 0.222. The first-order chi connectivity index (χ1) is 12.8. The summed E-state index contributed by atoms with van der Waals surface area (Å²) in [6.45, 7) is 3.28. The Labute approximate surface area is 159 Å². The molecule has 0 fully saturated rings. The molecule has 9 heteroatoms. The third kappa shape index (κ3) is 4.37.